The molecule has 4 heteroatoms. The molecule has 1 saturated carbocycles. The van der Waals surface area contributed by atoms with Gasteiger partial charge in [-0.2, -0.15) is 0 Å². The first kappa shape index (κ1) is 14.2. The first-order valence-electron chi connectivity index (χ1n) is 7.46. The summed E-state index contributed by atoms with van der Waals surface area (Å²) < 4.78 is 24.5. The van der Waals surface area contributed by atoms with Gasteiger partial charge in [0.15, 0.2) is 0 Å². The van der Waals surface area contributed by atoms with E-state index in [9.17, 15) is 8.78 Å². The SMILES string of the molecule is CCC(C1CCC1)N1CCCC(NCC(F)F)C1. The predicted molar refractivity (Wildman–Crippen MR) is 70.0 cm³/mol. The molecule has 1 aliphatic heterocycles. The van der Waals surface area contributed by atoms with E-state index in [4.69, 9.17) is 0 Å². The fraction of sp³-hybridized carbons (Fsp3) is 1.00. The molecule has 0 radical (unpaired) electrons. The minimum Gasteiger partial charge on any atom is -0.307 e. The standard InChI is InChI=1S/C14H26F2N2/c1-2-13(11-5-3-6-11)18-8-4-7-12(10-18)17-9-14(15)16/h11-14,17H,2-10H2,1H3. The van der Waals surface area contributed by atoms with Crippen LogP contribution in [0.1, 0.15) is 45.4 Å². The number of hydrogen-bond donors (Lipinski definition) is 1. The van der Waals surface area contributed by atoms with Gasteiger partial charge in [0.2, 0.25) is 0 Å². The highest BCUT2D eigenvalue weighted by Crippen LogP contribution is 2.34. The lowest BCUT2D eigenvalue weighted by atomic mass is 9.77. The summed E-state index contributed by atoms with van der Waals surface area (Å²) in [5, 5.41) is 3.01. The maximum Gasteiger partial charge on any atom is 0.250 e. The average molecular weight is 260 g/mol. The van der Waals surface area contributed by atoms with E-state index in [0.717, 1.165) is 31.8 Å². The van der Waals surface area contributed by atoms with Gasteiger partial charge < -0.3 is 5.32 Å². The molecule has 1 N–H and O–H groups in total. The van der Waals surface area contributed by atoms with Crippen molar-refractivity contribution in [2.45, 2.75) is 64.0 Å². The van der Waals surface area contributed by atoms with Gasteiger partial charge in [-0.15, -0.1) is 0 Å². The zero-order valence-corrected chi connectivity index (χ0v) is 11.4. The molecule has 2 unspecified atom stereocenters. The fourth-order valence-electron chi connectivity index (χ4n) is 3.44. The Hall–Kier alpha value is -0.220. The number of alkyl halides is 2. The van der Waals surface area contributed by atoms with Gasteiger partial charge in [0.25, 0.3) is 6.43 Å². The molecule has 1 heterocycles. The average Bonchev–Trinajstić information content (AvgIpc) is 2.31. The largest absolute Gasteiger partial charge is 0.307 e. The van der Waals surface area contributed by atoms with Gasteiger partial charge in [0.05, 0.1) is 6.54 Å². The summed E-state index contributed by atoms with van der Waals surface area (Å²) in [4.78, 5) is 2.55. The van der Waals surface area contributed by atoms with Crippen molar-refractivity contribution >= 4 is 0 Å². The molecule has 1 saturated heterocycles. The van der Waals surface area contributed by atoms with E-state index in [1.54, 1.807) is 0 Å². The molecule has 2 rings (SSSR count). The Morgan fingerprint density at radius 3 is 2.56 bits per heavy atom. The molecular formula is C14H26F2N2. The van der Waals surface area contributed by atoms with Gasteiger partial charge in [-0.25, -0.2) is 8.78 Å². The summed E-state index contributed by atoms with van der Waals surface area (Å²) in [5.41, 5.74) is 0. The topological polar surface area (TPSA) is 15.3 Å². The highest BCUT2D eigenvalue weighted by atomic mass is 19.3. The van der Waals surface area contributed by atoms with Crippen LogP contribution in [0.2, 0.25) is 0 Å². The van der Waals surface area contributed by atoms with Gasteiger partial charge in [-0.1, -0.05) is 13.3 Å². The Bertz CT molecular complexity index is 244. The van der Waals surface area contributed by atoms with Gasteiger partial charge >= 0.3 is 0 Å². The Morgan fingerprint density at radius 1 is 1.22 bits per heavy atom. The van der Waals surface area contributed by atoms with E-state index < -0.39 is 6.43 Å². The van der Waals surface area contributed by atoms with Crippen LogP contribution in [0.3, 0.4) is 0 Å². The Kier molecular flexibility index (Phi) is 5.37. The fourth-order valence-corrected chi connectivity index (χ4v) is 3.44. The molecule has 106 valence electrons. The van der Waals surface area contributed by atoms with Crippen molar-refractivity contribution in [3.63, 3.8) is 0 Å². The monoisotopic (exact) mass is 260 g/mol. The molecule has 18 heavy (non-hydrogen) atoms. The van der Waals surface area contributed by atoms with Gasteiger partial charge in [-0.3, -0.25) is 4.90 Å². The van der Waals surface area contributed by atoms with Gasteiger partial charge in [0.1, 0.15) is 0 Å². The molecule has 0 aromatic carbocycles. The summed E-state index contributed by atoms with van der Waals surface area (Å²) in [6.45, 7) is 4.22. The van der Waals surface area contributed by atoms with Crippen molar-refractivity contribution in [2.75, 3.05) is 19.6 Å². The summed E-state index contributed by atoms with van der Waals surface area (Å²) in [7, 11) is 0. The second kappa shape index (κ2) is 6.80. The lowest BCUT2D eigenvalue weighted by Gasteiger charge is -2.44. The number of rotatable bonds is 6. The van der Waals surface area contributed by atoms with E-state index in [1.807, 2.05) is 0 Å². The maximum atomic E-state index is 12.2. The molecule has 2 atom stereocenters. The molecule has 1 aliphatic carbocycles. The van der Waals surface area contributed by atoms with Crippen LogP contribution in [0.25, 0.3) is 0 Å². The summed E-state index contributed by atoms with van der Waals surface area (Å²) >= 11 is 0. The smallest absolute Gasteiger partial charge is 0.250 e. The van der Waals surface area contributed by atoms with Crippen LogP contribution in [-0.4, -0.2) is 43.0 Å². The van der Waals surface area contributed by atoms with Crippen LogP contribution >= 0.6 is 0 Å². The van der Waals surface area contributed by atoms with Crippen molar-refractivity contribution in [3.05, 3.63) is 0 Å². The molecule has 2 fully saturated rings. The Morgan fingerprint density at radius 2 is 2.00 bits per heavy atom. The zero-order chi connectivity index (χ0) is 13.0. The highest BCUT2D eigenvalue weighted by molar-refractivity contribution is 4.88. The molecule has 0 amide bonds. The number of nitrogens with zero attached hydrogens (tertiary/aromatic N) is 1. The highest BCUT2D eigenvalue weighted by Gasteiger charge is 2.33. The maximum absolute atomic E-state index is 12.2. The lowest BCUT2D eigenvalue weighted by molar-refractivity contribution is 0.0577. The third kappa shape index (κ3) is 3.64. The third-order valence-corrected chi connectivity index (χ3v) is 4.59. The molecular weight excluding hydrogens is 234 g/mol. The first-order chi connectivity index (χ1) is 8.70. The van der Waals surface area contributed by atoms with Crippen LogP contribution in [0.5, 0.6) is 0 Å². The Labute approximate surface area is 109 Å². The molecule has 0 aromatic rings. The van der Waals surface area contributed by atoms with E-state index in [1.165, 1.54) is 25.7 Å². The minimum absolute atomic E-state index is 0.154. The Balaban J connectivity index is 1.80. The van der Waals surface area contributed by atoms with E-state index in [0.29, 0.717) is 6.04 Å². The van der Waals surface area contributed by atoms with Gasteiger partial charge in [0, 0.05) is 18.6 Å². The van der Waals surface area contributed by atoms with Gasteiger partial charge in [-0.05, 0) is 44.6 Å². The molecule has 0 bridgehead atoms. The number of piperidine rings is 1. The molecule has 2 aliphatic rings. The quantitative estimate of drug-likeness (QED) is 0.790. The number of nitrogens with one attached hydrogen (secondary N) is 1. The summed E-state index contributed by atoms with van der Waals surface area (Å²) in [6, 6.07) is 0.955. The predicted octanol–water partition coefficient (Wildman–Crippen LogP) is 2.88. The number of likely N-dealkylation sites (tertiary alicyclic amines) is 1. The molecule has 0 aromatic heterocycles. The molecule has 2 nitrogen and oxygen atoms in total. The van der Waals surface area contributed by atoms with Crippen LogP contribution in [0.15, 0.2) is 0 Å². The van der Waals surface area contributed by atoms with Crippen molar-refractivity contribution in [1.82, 2.24) is 10.2 Å². The number of hydrogen-bond acceptors (Lipinski definition) is 2. The first-order valence-corrected chi connectivity index (χ1v) is 7.46. The van der Waals surface area contributed by atoms with Crippen molar-refractivity contribution in [3.8, 4) is 0 Å². The van der Waals surface area contributed by atoms with E-state index in [2.05, 4.69) is 17.1 Å². The van der Waals surface area contributed by atoms with Crippen LogP contribution < -0.4 is 5.32 Å². The van der Waals surface area contributed by atoms with E-state index >= 15 is 0 Å². The van der Waals surface area contributed by atoms with Crippen molar-refractivity contribution in [1.29, 1.82) is 0 Å². The van der Waals surface area contributed by atoms with Crippen molar-refractivity contribution in [2.24, 2.45) is 5.92 Å². The summed E-state index contributed by atoms with van der Waals surface area (Å²) in [6.07, 6.45) is 5.27. The molecule has 0 spiro atoms. The van der Waals surface area contributed by atoms with Crippen LogP contribution in [0, 0.1) is 5.92 Å². The van der Waals surface area contributed by atoms with Crippen LogP contribution in [0.4, 0.5) is 8.78 Å². The normalized spacial score (nSPS) is 28.3. The van der Waals surface area contributed by atoms with E-state index in [-0.39, 0.29) is 12.6 Å². The lowest BCUT2D eigenvalue weighted by Crippen LogP contribution is -2.53. The van der Waals surface area contributed by atoms with Crippen LogP contribution in [-0.2, 0) is 0 Å². The second-order valence-corrected chi connectivity index (χ2v) is 5.80. The minimum atomic E-state index is -2.23. The zero-order valence-electron chi connectivity index (χ0n) is 11.4. The number of halogens is 2. The third-order valence-electron chi connectivity index (χ3n) is 4.59. The van der Waals surface area contributed by atoms with Crippen molar-refractivity contribution < 1.29 is 8.78 Å². The second-order valence-electron chi connectivity index (χ2n) is 5.80. The summed E-state index contributed by atoms with van der Waals surface area (Å²) in [5.74, 6) is 0.865.